The molecule has 1 saturated heterocycles. The molecule has 0 saturated carbocycles. The normalized spacial score (nSPS) is 16.9. The topological polar surface area (TPSA) is 40.5 Å². The molecule has 1 heterocycles. The Balaban J connectivity index is 1.48. The zero-order valence-corrected chi connectivity index (χ0v) is 24.1. The van der Waals surface area contributed by atoms with E-state index in [1.54, 1.807) is 0 Å². The lowest BCUT2D eigenvalue weighted by Crippen LogP contribution is -2.54. The summed E-state index contributed by atoms with van der Waals surface area (Å²) in [5.41, 5.74) is 2.86. The maximum atomic E-state index is 15.0. The molecule has 6 rings (SSSR count). The Hall–Kier alpha value is -3.75. The SMILES string of the molecule is O=P(C[C@@H](O)[C@@H]1CCCN1C(c1ccccc1)(c1ccccc1)c1ccccc1)(c1ccccc1)c1ccccc1. The van der Waals surface area contributed by atoms with Crippen LogP contribution in [0.15, 0.2) is 152 Å². The van der Waals surface area contributed by atoms with Gasteiger partial charge >= 0.3 is 0 Å². The zero-order chi connectivity index (χ0) is 28.1. The molecule has 2 atom stereocenters. The van der Waals surface area contributed by atoms with E-state index in [2.05, 4.69) is 95.9 Å². The van der Waals surface area contributed by atoms with Gasteiger partial charge in [-0.2, -0.15) is 0 Å². The number of hydrogen-bond acceptors (Lipinski definition) is 3. The molecule has 0 aromatic heterocycles. The number of likely N-dealkylation sites (tertiary alicyclic amines) is 1. The van der Waals surface area contributed by atoms with E-state index in [-0.39, 0.29) is 12.2 Å². The molecule has 5 aromatic carbocycles. The van der Waals surface area contributed by atoms with Crippen LogP contribution in [-0.4, -0.2) is 34.9 Å². The Morgan fingerprint density at radius 1 is 0.634 bits per heavy atom. The quantitative estimate of drug-likeness (QED) is 0.160. The molecule has 1 aliphatic heterocycles. The largest absolute Gasteiger partial charge is 0.391 e. The van der Waals surface area contributed by atoms with Crippen LogP contribution in [0.4, 0.5) is 0 Å². The zero-order valence-electron chi connectivity index (χ0n) is 23.2. The Labute approximate surface area is 243 Å². The van der Waals surface area contributed by atoms with E-state index >= 15 is 0 Å². The average molecular weight is 558 g/mol. The molecule has 0 bridgehead atoms. The first-order valence-electron chi connectivity index (χ1n) is 14.5. The van der Waals surface area contributed by atoms with E-state index in [9.17, 15) is 9.67 Å². The molecule has 5 aromatic rings. The van der Waals surface area contributed by atoms with Gasteiger partial charge in [0.15, 0.2) is 0 Å². The van der Waals surface area contributed by atoms with Gasteiger partial charge in [-0.05, 0) is 29.5 Å². The summed E-state index contributed by atoms with van der Waals surface area (Å²) in [5, 5.41) is 13.7. The van der Waals surface area contributed by atoms with Crippen LogP contribution in [0.2, 0.25) is 0 Å². The highest BCUT2D eigenvalue weighted by atomic mass is 31.2. The van der Waals surface area contributed by atoms with E-state index in [4.69, 9.17) is 0 Å². The van der Waals surface area contributed by atoms with E-state index in [1.165, 1.54) is 0 Å². The number of benzene rings is 5. The van der Waals surface area contributed by atoms with Crippen LogP contribution in [0, 0.1) is 0 Å². The summed E-state index contributed by atoms with van der Waals surface area (Å²) < 4.78 is 15.0. The van der Waals surface area contributed by atoms with Crippen molar-refractivity contribution in [3.05, 3.63) is 168 Å². The minimum Gasteiger partial charge on any atom is -0.391 e. The van der Waals surface area contributed by atoms with Gasteiger partial charge < -0.3 is 9.67 Å². The lowest BCUT2D eigenvalue weighted by atomic mass is 9.75. The van der Waals surface area contributed by atoms with Crippen LogP contribution in [0.5, 0.6) is 0 Å². The van der Waals surface area contributed by atoms with Gasteiger partial charge in [-0.15, -0.1) is 0 Å². The van der Waals surface area contributed by atoms with Gasteiger partial charge in [0.05, 0.1) is 11.6 Å². The maximum absolute atomic E-state index is 15.0. The number of rotatable bonds is 9. The number of aliphatic hydroxyl groups is 1. The molecule has 0 amide bonds. The van der Waals surface area contributed by atoms with Crippen molar-refractivity contribution in [1.29, 1.82) is 0 Å². The molecule has 1 fully saturated rings. The molecule has 0 unspecified atom stereocenters. The number of aliphatic hydroxyl groups excluding tert-OH is 1. The standard InChI is InChI=1S/C37H36NO2P/c39-36(29-41(40,33-23-12-4-13-24-33)34-25-14-5-15-26-34)35-27-16-28-38(35)37(30-17-6-1-7-18-30,31-19-8-2-9-20-31)32-21-10-3-11-22-32/h1-15,17-26,35-36,39H,16,27-29H2/t35-,36+/m0/s1. The summed E-state index contributed by atoms with van der Waals surface area (Å²) >= 11 is 0. The summed E-state index contributed by atoms with van der Waals surface area (Å²) in [6.07, 6.45) is 1.19. The lowest BCUT2D eigenvalue weighted by Gasteiger charge is -2.48. The van der Waals surface area contributed by atoms with Crippen molar-refractivity contribution in [3.63, 3.8) is 0 Å². The average Bonchev–Trinajstić information content (AvgIpc) is 3.54. The summed E-state index contributed by atoms with van der Waals surface area (Å²) in [5.74, 6) is 0. The second-order valence-electron chi connectivity index (χ2n) is 10.9. The van der Waals surface area contributed by atoms with E-state index in [0.29, 0.717) is 0 Å². The molecule has 1 aliphatic rings. The first-order chi connectivity index (χ1) is 20.1. The molecule has 0 spiro atoms. The summed E-state index contributed by atoms with van der Waals surface area (Å²) in [7, 11) is -3.10. The highest BCUT2D eigenvalue weighted by Crippen LogP contribution is 2.49. The van der Waals surface area contributed by atoms with Crippen molar-refractivity contribution < 1.29 is 9.67 Å². The lowest BCUT2D eigenvalue weighted by molar-refractivity contribution is 0.0452. The Morgan fingerprint density at radius 3 is 1.39 bits per heavy atom. The molecule has 0 aliphatic carbocycles. The Bertz CT molecular complexity index is 1440. The fourth-order valence-corrected chi connectivity index (χ4v) is 9.52. The minimum absolute atomic E-state index is 0.184. The van der Waals surface area contributed by atoms with Crippen LogP contribution < -0.4 is 10.6 Å². The van der Waals surface area contributed by atoms with Gasteiger partial charge in [0.25, 0.3) is 0 Å². The third-order valence-electron chi connectivity index (χ3n) is 8.54. The van der Waals surface area contributed by atoms with Gasteiger partial charge in [-0.25, -0.2) is 0 Å². The monoisotopic (exact) mass is 557 g/mol. The Morgan fingerprint density at radius 2 is 1.00 bits per heavy atom. The smallest absolute Gasteiger partial charge is 0.145 e. The predicted octanol–water partition coefficient (Wildman–Crippen LogP) is 6.82. The fourth-order valence-electron chi connectivity index (χ4n) is 6.73. The number of hydrogen-bond donors (Lipinski definition) is 1. The second-order valence-corrected chi connectivity index (χ2v) is 13.7. The molecule has 1 N–H and O–H groups in total. The Kier molecular flexibility index (Phi) is 8.03. The van der Waals surface area contributed by atoms with Gasteiger partial charge in [0, 0.05) is 29.4 Å². The van der Waals surface area contributed by atoms with Crippen molar-refractivity contribution in [3.8, 4) is 0 Å². The van der Waals surface area contributed by atoms with Crippen molar-refractivity contribution in [1.82, 2.24) is 4.90 Å². The van der Waals surface area contributed by atoms with Gasteiger partial charge in [0.2, 0.25) is 0 Å². The summed E-state index contributed by atoms with van der Waals surface area (Å²) in [6.45, 7) is 0.821. The van der Waals surface area contributed by atoms with E-state index in [1.807, 2.05) is 60.7 Å². The predicted molar refractivity (Wildman–Crippen MR) is 170 cm³/mol. The van der Waals surface area contributed by atoms with E-state index in [0.717, 1.165) is 46.7 Å². The highest BCUT2D eigenvalue weighted by molar-refractivity contribution is 7.78. The molecule has 0 radical (unpaired) electrons. The van der Waals surface area contributed by atoms with Crippen LogP contribution >= 0.6 is 7.14 Å². The third-order valence-corrected chi connectivity index (χ3v) is 11.7. The fraction of sp³-hybridized carbons (Fsp3) is 0.189. The molecule has 41 heavy (non-hydrogen) atoms. The minimum atomic E-state index is -3.10. The van der Waals surface area contributed by atoms with Gasteiger partial charge in [-0.1, -0.05) is 152 Å². The summed E-state index contributed by atoms with van der Waals surface area (Å²) in [4.78, 5) is 2.48. The molecular formula is C37H36NO2P. The van der Waals surface area contributed by atoms with Gasteiger partial charge in [-0.3, -0.25) is 4.90 Å². The van der Waals surface area contributed by atoms with Crippen LogP contribution in [0.1, 0.15) is 29.5 Å². The summed E-state index contributed by atoms with van der Waals surface area (Å²) in [6, 6.07) is 51.1. The van der Waals surface area contributed by atoms with Gasteiger partial charge in [0.1, 0.15) is 7.14 Å². The third kappa shape index (κ3) is 5.11. The van der Waals surface area contributed by atoms with Crippen molar-refractivity contribution in [2.24, 2.45) is 0 Å². The first kappa shape index (κ1) is 27.4. The van der Waals surface area contributed by atoms with Crippen molar-refractivity contribution in [2.75, 3.05) is 12.7 Å². The highest BCUT2D eigenvalue weighted by Gasteiger charge is 2.49. The van der Waals surface area contributed by atoms with Crippen molar-refractivity contribution >= 4 is 17.8 Å². The second kappa shape index (κ2) is 12.0. The first-order valence-corrected chi connectivity index (χ1v) is 16.3. The van der Waals surface area contributed by atoms with Crippen molar-refractivity contribution in [2.45, 2.75) is 30.5 Å². The molecule has 206 valence electrons. The van der Waals surface area contributed by atoms with E-state index < -0.39 is 18.8 Å². The van der Waals surface area contributed by atoms with Crippen LogP contribution in [-0.2, 0) is 10.1 Å². The molecule has 4 heteroatoms. The molecule has 3 nitrogen and oxygen atoms in total. The van der Waals surface area contributed by atoms with Crippen LogP contribution in [0.25, 0.3) is 0 Å². The molecular weight excluding hydrogens is 521 g/mol. The maximum Gasteiger partial charge on any atom is 0.145 e. The number of nitrogens with zero attached hydrogens (tertiary/aromatic N) is 1. The van der Waals surface area contributed by atoms with Crippen LogP contribution in [0.3, 0.4) is 0 Å².